The van der Waals surface area contributed by atoms with Gasteiger partial charge in [-0.2, -0.15) is 5.26 Å². The number of imidazole rings is 1. The van der Waals surface area contributed by atoms with Crippen LogP contribution in [0.5, 0.6) is 0 Å². The molecule has 2 aromatic rings. The van der Waals surface area contributed by atoms with Gasteiger partial charge in [0.2, 0.25) is 0 Å². The van der Waals surface area contributed by atoms with Crippen molar-refractivity contribution in [3.05, 3.63) is 47.3 Å². The number of H-pyrrole nitrogens is 1. The number of aromatic amines is 1. The minimum atomic E-state index is -1.09. The van der Waals surface area contributed by atoms with Crippen molar-refractivity contribution in [2.24, 2.45) is 5.41 Å². The van der Waals surface area contributed by atoms with Crippen molar-refractivity contribution in [3.8, 4) is 6.07 Å². The Kier molecular flexibility index (Phi) is 5.09. The molecule has 0 bridgehead atoms. The molecule has 0 saturated heterocycles. The first kappa shape index (κ1) is 19.8. The van der Waals surface area contributed by atoms with Crippen molar-refractivity contribution in [3.63, 3.8) is 0 Å². The van der Waals surface area contributed by atoms with Crippen molar-refractivity contribution < 1.29 is 9.90 Å². The molecule has 0 aromatic carbocycles. The zero-order chi connectivity index (χ0) is 20.5. The van der Waals surface area contributed by atoms with Gasteiger partial charge in [0.05, 0.1) is 23.3 Å². The maximum absolute atomic E-state index is 12.6. The molecule has 7 nitrogen and oxygen atoms in total. The van der Waals surface area contributed by atoms with Crippen LogP contribution < -0.4 is 5.32 Å². The third-order valence-electron chi connectivity index (χ3n) is 4.96. The summed E-state index contributed by atoms with van der Waals surface area (Å²) in [5.74, 6) is -0.384. The van der Waals surface area contributed by atoms with E-state index in [2.05, 4.69) is 40.2 Å². The van der Waals surface area contributed by atoms with E-state index in [0.717, 1.165) is 24.8 Å². The highest BCUT2D eigenvalue weighted by Gasteiger charge is 2.26. The van der Waals surface area contributed by atoms with E-state index >= 15 is 0 Å². The number of rotatable bonds is 4. The smallest absolute Gasteiger partial charge is 0.291 e. The van der Waals surface area contributed by atoms with Crippen molar-refractivity contribution in [1.29, 1.82) is 5.26 Å². The van der Waals surface area contributed by atoms with Crippen molar-refractivity contribution >= 4 is 17.2 Å². The monoisotopic (exact) mass is 379 g/mol. The van der Waals surface area contributed by atoms with Crippen LogP contribution in [-0.4, -0.2) is 26.0 Å². The minimum Gasteiger partial charge on any atom is -0.384 e. The maximum atomic E-state index is 12.6. The molecule has 146 valence electrons. The Bertz CT molecular complexity index is 973. The Balaban J connectivity index is 1.97. The van der Waals surface area contributed by atoms with E-state index in [9.17, 15) is 9.90 Å². The lowest BCUT2D eigenvalue weighted by atomic mass is 9.77. The quantitative estimate of drug-likeness (QED) is 0.748. The number of allylic oxidation sites excluding steroid dienone is 2. The number of hydrogen-bond donors (Lipinski definition) is 3. The van der Waals surface area contributed by atoms with Gasteiger partial charge in [-0.05, 0) is 56.2 Å². The van der Waals surface area contributed by atoms with Crippen LogP contribution in [-0.2, 0) is 5.60 Å². The summed E-state index contributed by atoms with van der Waals surface area (Å²) in [6.45, 7) is 7.82. The number of aliphatic hydroxyl groups is 1. The molecule has 7 heteroatoms. The summed E-state index contributed by atoms with van der Waals surface area (Å²) in [5.41, 5.74) is 2.18. The second kappa shape index (κ2) is 7.21. The summed E-state index contributed by atoms with van der Waals surface area (Å²) in [4.78, 5) is 23.8. The SMILES string of the molecule is CC1(C)CC=C(c2nc(C(C)(C)O)ccc2NC(=O)c2ncc(C#N)[nH]2)CC1. The van der Waals surface area contributed by atoms with Crippen LogP contribution in [0, 0.1) is 16.7 Å². The van der Waals surface area contributed by atoms with E-state index in [1.54, 1.807) is 26.0 Å². The van der Waals surface area contributed by atoms with Gasteiger partial charge in [-0.3, -0.25) is 4.79 Å². The topological polar surface area (TPSA) is 115 Å². The van der Waals surface area contributed by atoms with Gasteiger partial charge in [-0.1, -0.05) is 19.9 Å². The zero-order valence-corrected chi connectivity index (χ0v) is 16.6. The third-order valence-corrected chi connectivity index (χ3v) is 4.96. The first-order valence-corrected chi connectivity index (χ1v) is 9.29. The normalized spacial score (nSPS) is 16.2. The highest BCUT2D eigenvalue weighted by molar-refractivity contribution is 6.03. The van der Waals surface area contributed by atoms with Gasteiger partial charge in [0.1, 0.15) is 17.4 Å². The molecule has 0 fully saturated rings. The van der Waals surface area contributed by atoms with Crippen LogP contribution in [0.15, 0.2) is 24.4 Å². The second-order valence-corrected chi connectivity index (χ2v) is 8.46. The van der Waals surface area contributed by atoms with E-state index in [4.69, 9.17) is 5.26 Å². The lowest BCUT2D eigenvalue weighted by Gasteiger charge is -2.29. The molecule has 28 heavy (non-hydrogen) atoms. The van der Waals surface area contributed by atoms with Crippen LogP contribution in [0.2, 0.25) is 0 Å². The molecule has 2 aromatic heterocycles. The molecule has 1 aliphatic carbocycles. The molecule has 0 radical (unpaired) electrons. The number of amides is 1. The van der Waals surface area contributed by atoms with Crippen LogP contribution in [0.3, 0.4) is 0 Å². The Hall–Kier alpha value is -2.98. The van der Waals surface area contributed by atoms with Crippen molar-refractivity contribution in [2.75, 3.05) is 5.32 Å². The van der Waals surface area contributed by atoms with Crippen molar-refractivity contribution in [2.45, 2.75) is 52.6 Å². The predicted octanol–water partition coefficient (Wildman–Crippen LogP) is 3.75. The fraction of sp³-hybridized carbons (Fsp3) is 0.429. The van der Waals surface area contributed by atoms with Gasteiger partial charge in [0.25, 0.3) is 5.91 Å². The molecule has 0 atom stereocenters. The second-order valence-electron chi connectivity index (χ2n) is 8.46. The average molecular weight is 379 g/mol. The average Bonchev–Trinajstić information content (AvgIpc) is 3.11. The maximum Gasteiger partial charge on any atom is 0.291 e. The highest BCUT2D eigenvalue weighted by Crippen LogP contribution is 2.39. The lowest BCUT2D eigenvalue weighted by Crippen LogP contribution is -2.21. The van der Waals surface area contributed by atoms with Crippen LogP contribution >= 0.6 is 0 Å². The molecular weight excluding hydrogens is 354 g/mol. The Morgan fingerprint density at radius 2 is 2.14 bits per heavy atom. The number of nitrogens with one attached hydrogen (secondary N) is 2. The minimum absolute atomic E-state index is 0.0628. The van der Waals surface area contributed by atoms with Crippen LogP contribution in [0.25, 0.3) is 5.57 Å². The van der Waals surface area contributed by atoms with Gasteiger partial charge < -0.3 is 15.4 Å². The fourth-order valence-corrected chi connectivity index (χ4v) is 3.11. The molecule has 1 aliphatic rings. The first-order chi connectivity index (χ1) is 13.1. The predicted molar refractivity (Wildman–Crippen MR) is 106 cm³/mol. The van der Waals surface area contributed by atoms with Gasteiger partial charge in [0.15, 0.2) is 5.82 Å². The number of nitriles is 1. The van der Waals surface area contributed by atoms with Gasteiger partial charge in [-0.25, -0.2) is 9.97 Å². The number of hydrogen-bond acceptors (Lipinski definition) is 5. The summed E-state index contributed by atoms with van der Waals surface area (Å²) in [6.07, 6.45) is 6.27. The fourth-order valence-electron chi connectivity index (χ4n) is 3.11. The number of carbonyl (C=O) groups is 1. The summed E-state index contributed by atoms with van der Waals surface area (Å²) >= 11 is 0. The lowest BCUT2D eigenvalue weighted by molar-refractivity contribution is 0.0738. The van der Waals surface area contributed by atoms with E-state index < -0.39 is 11.5 Å². The molecule has 0 spiro atoms. The Morgan fingerprint density at radius 1 is 1.39 bits per heavy atom. The summed E-state index contributed by atoms with van der Waals surface area (Å²) in [6, 6.07) is 5.37. The van der Waals surface area contributed by atoms with E-state index in [0.29, 0.717) is 17.1 Å². The van der Waals surface area contributed by atoms with Crippen LogP contribution in [0.1, 0.15) is 74.7 Å². The number of anilines is 1. The van der Waals surface area contributed by atoms with Crippen LogP contribution in [0.4, 0.5) is 5.69 Å². The summed E-state index contributed by atoms with van der Waals surface area (Å²) in [5, 5.41) is 22.1. The first-order valence-electron chi connectivity index (χ1n) is 9.29. The number of pyridine rings is 1. The zero-order valence-electron chi connectivity index (χ0n) is 16.6. The molecular formula is C21H25N5O2. The number of carbonyl (C=O) groups excluding carboxylic acids is 1. The van der Waals surface area contributed by atoms with Gasteiger partial charge in [0, 0.05) is 0 Å². The standard InChI is InChI=1S/C21H25N5O2/c1-20(2)9-7-13(8-10-20)17-15(5-6-16(26-17)21(3,4)28)25-19(27)18-23-12-14(11-22)24-18/h5-7,12,28H,8-10H2,1-4H3,(H,23,24)(H,25,27). The molecule has 0 unspecified atom stereocenters. The number of aromatic nitrogens is 3. The largest absolute Gasteiger partial charge is 0.384 e. The number of nitrogens with zero attached hydrogens (tertiary/aromatic N) is 3. The van der Waals surface area contributed by atoms with E-state index in [-0.39, 0.29) is 16.9 Å². The molecule has 1 amide bonds. The molecule has 3 rings (SSSR count). The van der Waals surface area contributed by atoms with Crippen molar-refractivity contribution in [1.82, 2.24) is 15.0 Å². The van der Waals surface area contributed by atoms with Gasteiger partial charge >= 0.3 is 0 Å². The van der Waals surface area contributed by atoms with E-state index in [1.807, 2.05) is 6.07 Å². The Morgan fingerprint density at radius 3 is 2.71 bits per heavy atom. The molecule has 2 heterocycles. The molecule has 0 aliphatic heterocycles. The molecule has 0 saturated carbocycles. The third kappa shape index (κ3) is 4.29. The molecule has 3 N–H and O–H groups in total. The van der Waals surface area contributed by atoms with Gasteiger partial charge in [-0.15, -0.1) is 0 Å². The summed E-state index contributed by atoms with van der Waals surface area (Å²) in [7, 11) is 0. The summed E-state index contributed by atoms with van der Waals surface area (Å²) < 4.78 is 0. The Labute approximate surface area is 164 Å². The highest BCUT2D eigenvalue weighted by atomic mass is 16.3. The van der Waals surface area contributed by atoms with E-state index in [1.165, 1.54) is 6.20 Å².